The number of amides is 2. The van der Waals surface area contributed by atoms with Gasteiger partial charge in [0.1, 0.15) is 0 Å². The van der Waals surface area contributed by atoms with Crippen molar-refractivity contribution in [1.82, 2.24) is 4.90 Å². The summed E-state index contributed by atoms with van der Waals surface area (Å²) in [6.07, 6.45) is 2.69. The first-order chi connectivity index (χ1) is 13.6. The number of nitrogens with one attached hydrogen (secondary N) is 1. The van der Waals surface area contributed by atoms with Crippen LogP contribution in [0.5, 0.6) is 0 Å². The van der Waals surface area contributed by atoms with Crippen LogP contribution in [0, 0.1) is 0 Å². The number of hydrogen-bond acceptors (Lipinski definition) is 3. The quantitative estimate of drug-likeness (QED) is 0.850. The summed E-state index contributed by atoms with van der Waals surface area (Å²) < 4.78 is 5.29. The lowest BCUT2D eigenvalue weighted by molar-refractivity contribution is -0.124. The van der Waals surface area contributed by atoms with Gasteiger partial charge in [0.2, 0.25) is 5.91 Å². The van der Waals surface area contributed by atoms with E-state index in [0.29, 0.717) is 42.6 Å². The highest BCUT2D eigenvalue weighted by atomic mass is 35.5. The average molecular weight is 399 g/mol. The molecule has 2 amide bonds. The van der Waals surface area contributed by atoms with Crippen molar-refractivity contribution in [3.63, 3.8) is 0 Å². The van der Waals surface area contributed by atoms with Crippen molar-refractivity contribution < 1.29 is 14.3 Å². The summed E-state index contributed by atoms with van der Waals surface area (Å²) in [7, 11) is 0. The maximum Gasteiger partial charge on any atom is 0.254 e. The topological polar surface area (TPSA) is 58.6 Å². The average Bonchev–Trinajstić information content (AvgIpc) is 2.69. The zero-order chi connectivity index (χ0) is 19.6. The lowest BCUT2D eigenvalue weighted by Gasteiger charge is -2.40. The number of carbonyl (C=O) groups excluding carboxylic acids is 2. The van der Waals surface area contributed by atoms with E-state index in [0.717, 1.165) is 24.8 Å². The van der Waals surface area contributed by atoms with E-state index in [1.165, 1.54) is 0 Å². The lowest BCUT2D eigenvalue weighted by Crippen LogP contribution is -2.46. The molecule has 2 aromatic carbocycles. The minimum atomic E-state index is -0.493. The Labute approximate surface area is 169 Å². The summed E-state index contributed by atoms with van der Waals surface area (Å²) >= 11 is 5.99. The molecule has 1 heterocycles. The van der Waals surface area contributed by atoms with Crippen molar-refractivity contribution in [1.29, 1.82) is 0 Å². The predicted octanol–water partition coefficient (Wildman–Crippen LogP) is 3.87. The highest BCUT2D eigenvalue weighted by Crippen LogP contribution is 2.44. The SMILES string of the molecule is O=C(c1ccc(NC(=O)C2(c3ccc(Cl)cc3)CCC2)cc1)N1CCOCC1. The largest absolute Gasteiger partial charge is 0.378 e. The van der Waals surface area contributed by atoms with Gasteiger partial charge in [-0.3, -0.25) is 9.59 Å². The van der Waals surface area contributed by atoms with Gasteiger partial charge < -0.3 is 15.0 Å². The zero-order valence-corrected chi connectivity index (χ0v) is 16.4. The first kappa shape index (κ1) is 19.0. The molecule has 1 aliphatic carbocycles. The smallest absolute Gasteiger partial charge is 0.254 e. The molecule has 0 spiro atoms. The molecule has 2 aromatic rings. The van der Waals surface area contributed by atoms with E-state index in [-0.39, 0.29) is 11.8 Å². The van der Waals surface area contributed by atoms with Crippen molar-refractivity contribution in [2.75, 3.05) is 31.6 Å². The Morgan fingerprint density at radius 3 is 2.18 bits per heavy atom. The Hall–Kier alpha value is -2.37. The minimum absolute atomic E-state index is 0.00203. The van der Waals surface area contributed by atoms with Gasteiger partial charge in [0.15, 0.2) is 0 Å². The fraction of sp³-hybridized carbons (Fsp3) is 0.364. The first-order valence-electron chi connectivity index (χ1n) is 9.63. The van der Waals surface area contributed by atoms with Gasteiger partial charge in [0.05, 0.1) is 18.6 Å². The first-order valence-corrected chi connectivity index (χ1v) is 10.0. The van der Waals surface area contributed by atoms with E-state index in [2.05, 4.69) is 5.32 Å². The van der Waals surface area contributed by atoms with E-state index in [4.69, 9.17) is 16.3 Å². The van der Waals surface area contributed by atoms with Crippen molar-refractivity contribution >= 4 is 29.1 Å². The lowest BCUT2D eigenvalue weighted by atomic mass is 9.64. The molecule has 1 N–H and O–H groups in total. The van der Waals surface area contributed by atoms with Gasteiger partial charge in [0.25, 0.3) is 5.91 Å². The maximum absolute atomic E-state index is 13.0. The van der Waals surface area contributed by atoms with Gasteiger partial charge in [-0.1, -0.05) is 30.2 Å². The van der Waals surface area contributed by atoms with Crippen LogP contribution in [-0.4, -0.2) is 43.0 Å². The summed E-state index contributed by atoms with van der Waals surface area (Å²) in [6.45, 7) is 2.38. The van der Waals surface area contributed by atoms with Crippen LogP contribution in [0.15, 0.2) is 48.5 Å². The number of nitrogens with zero attached hydrogens (tertiary/aromatic N) is 1. The third-order valence-electron chi connectivity index (χ3n) is 5.73. The van der Waals surface area contributed by atoms with Gasteiger partial charge in [-0.05, 0) is 54.8 Å². The highest BCUT2D eigenvalue weighted by molar-refractivity contribution is 6.30. The Morgan fingerprint density at radius 2 is 1.61 bits per heavy atom. The number of anilines is 1. The molecule has 146 valence electrons. The summed E-state index contributed by atoms with van der Waals surface area (Å²) in [6, 6.07) is 14.6. The number of morpholine rings is 1. The third-order valence-corrected chi connectivity index (χ3v) is 5.98. The molecule has 0 bridgehead atoms. The molecule has 0 radical (unpaired) electrons. The summed E-state index contributed by atoms with van der Waals surface area (Å²) in [5.74, 6) is -0.00821. The van der Waals surface area contributed by atoms with Gasteiger partial charge in [-0.15, -0.1) is 0 Å². The monoisotopic (exact) mass is 398 g/mol. The molecule has 0 atom stereocenters. The van der Waals surface area contributed by atoms with Crippen molar-refractivity contribution in [3.8, 4) is 0 Å². The molecule has 5 nitrogen and oxygen atoms in total. The predicted molar refractivity (Wildman–Crippen MR) is 109 cm³/mol. The van der Waals surface area contributed by atoms with Crippen LogP contribution >= 0.6 is 11.6 Å². The van der Waals surface area contributed by atoms with Crippen LogP contribution in [0.25, 0.3) is 0 Å². The fourth-order valence-corrected chi connectivity index (χ4v) is 3.97. The third kappa shape index (κ3) is 3.64. The second-order valence-electron chi connectivity index (χ2n) is 7.38. The second kappa shape index (κ2) is 7.94. The van der Waals surface area contributed by atoms with E-state index in [1.807, 2.05) is 24.3 Å². The molecular formula is C22H23ClN2O3. The Kier molecular flexibility index (Phi) is 5.38. The number of carbonyl (C=O) groups is 2. The van der Waals surface area contributed by atoms with Crippen LogP contribution < -0.4 is 5.32 Å². The van der Waals surface area contributed by atoms with E-state index < -0.39 is 5.41 Å². The Balaban J connectivity index is 1.45. The zero-order valence-electron chi connectivity index (χ0n) is 15.6. The van der Waals surface area contributed by atoms with E-state index >= 15 is 0 Å². The fourth-order valence-electron chi connectivity index (χ4n) is 3.84. The van der Waals surface area contributed by atoms with Crippen LogP contribution in [-0.2, 0) is 14.9 Å². The molecule has 2 aliphatic rings. The van der Waals surface area contributed by atoms with Crippen LogP contribution in [0.2, 0.25) is 5.02 Å². The summed E-state index contributed by atoms with van der Waals surface area (Å²) in [5, 5.41) is 3.69. The standard InChI is InChI=1S/C22H23ClN2O3/c23-18-6-4-17(5-7-18)22(10-1-11-22)21(27)24-19-8-2-16(3-9-19)20(26)25-12-14-28-15-13-25/h2-9H,1,10-15H2,(H,24,27). The molecule has 1 saturated carbocycles. The molecule has 0 aromatic heterocycles. The van der Waals surface area contributed by atoms with Gasteiger partial charge in [0, 0.05) is 29.4 Å². The van der Waals surface area contributed by atoms with Crippen LogP contribution in [0.4, 0.5) is 5.69 Å². The molecular weight excluding hydrogens is 376 g/mol. The number of rotatable bonds is 4. The van der Waals surface area contributed by atoms with Gasteiger partial charge in [-0.25, -0.2) is 0 Å². The highest BCUT2D eigenvalue weighted by Gasteiger charge is 2.45. The van der Waals surface area contributed by atoms with Crippen molar-refractivity contribution in [2.45, 2.75) is 24.7 Å². The molecule has 6 heteroatoms. The number of halogens is 1. The Bertz CT molecular complexity index is 854. The normalized spacial score (nSPS) is 18.2. The molecule has 28 heavy (non-hydrogen) atoms. The molecule has 1 aliphatic heterocycles. The molecule has 2 fully saturated rings. The van der Waals surface area contributed by atoms with Crippen molar-refractivity contribution in [2.24, 2.45) is 0 Å². The number of ether oxygens (including phenoxy) is 1. The minimum Gasteiger partial charge on any atom is -0.378 e. The van der Waals surface area contributed by atoms with E-state index in [1.54, 1.807) is 29.2 Å². The number of benzene rings is 2. The maximum atomic E-state index is 13.0. The van der Waals surface area contributed by atoms with Gasteiger partial charge >= 0.3 is 0 Å². The number of hydrogen-bond donors (Lipinski definition) is 1. The van der Waals surface area contributed by atoms with Crippen LogP contribution in [0.1, 0.15) is 35.2 Å². The second-order valence-corrected chi connectivity index (χ2v) is 7.82. The Morgan fingerprint density at radius 1 is 0.964 bits per heavy atom. The van der Waals surface area contributed by atoms with Crippen LogP contribution in [0.3, 0.4) is 0 Å². The molecule has 1 saturated heterocycles. The molecule has 4 rings (SSSR count). The summed E-state index contributed by atoms with van der Waals surface area (Å²) in [4.78, 5) is 27.4. The van der Waals surface area contributed by atoms with Gasteiger partial charge in [-0.2, -0.15) is 0 Å². The van der Waals surface area contributed by atoms with E-state index in [9.17, 15) is 9.59 Å². The summed E-state index contributed by atoms with van der Waals surface area (Å²) in [5.41, 5.74) is 1.83. The van der Waals surface area contributed by atoms with Crippen molar-refractivity contribution in [3.05, 3.63) is 64.7 Å². The molecule has 0 unspecified atom stereocenters.